The number of ether oxygens (including phenoxy) is 3. The fourth-order valence-electron chi connectivity index (χ4n) is 5.55. The Morgan fingerprint density at radius 2 is 1.71 bits per heavy atom. The van der Waals surface area contributed by atoms with Crippen LogP contribution in [0.3, 0.4) is 0 Å². The van der Waals surface area contributed by atoms with Crippen molar-refractivity contribution in [2.45, 2.75) is 22.7 Å². The number of hydrogen-bond acceptors (Lipinski definition) is 9. The Balaban J connectivity index is 1.46. The molecule has 0 bridgehead atoms. The van der Waals surface area contributed by atoms with Crippen molar-refractivity contribution in [3.8, 4) is 11.5 Å². The van der Waals surface area contributed by atoms with Gasteiger partial charge in [0.05, 0.1) is 44.1 Å². The first-order chi connectivity index (χ1) is 19.8. The second kappa shape index (κ2) is 11.2. The number of thiazole rings is 1. The van der Waals surface area contributed by atoms with Gasteiger partial charge in [0.15, 0.2) is 11.5 Å². The number of thioether (sulfide) groups is 1. The summed E-state index contributed by atoms with van der Waals surface area (Å²) in [6, 6.07) is 11.9. The second-order valence-electron chi connectivity index (χ2n) is 9.76. The summed E-state index contributed by atoms with van der Waals surface area (Å²) >= 11 is 8.24. The summed E-state index contributed by atoms with van der Waals surface area (Å²) in [6.07, 6.45) is 0. The van der Waals surface area contributed by atoms with E-state index in [4.69, 9.17) is 25.8 Å². The number of carbonyl (C=O) groups excluding carboxylic acids is 3. The molecule has 2 aromatic carbocycles. The maximum Gasteiger partial charge on any atom is 0.308 e. The molecule has 3 aromatic rings. The zero-order valence-electron chi connectivity index (χ0n) is 22.2. The van der Waals surface area contributed by atoms with Crippen LogP contribution in [0.2, 0.25) is 5.02 Å². The molecule has 0 radical (unpaired) electrons. The Morgan fingerprint density at radius 3 is 2.39 bits per heavy atom. The van der Waals surface area contributed by atoms with E-state index in [0.717, 1.165) is 11.3 Å². The van der Waals surface area contributed by atoms with Crippen LogP contribution in [-0.4, -0.2) is 73.0 Å². The first kappa shape index (κ1) is 27.8. The molecule has 1 aromatic heterocycles. The highest BCUT2D eigenvalue weighted by Crippen LogP contribution is 2.54. The zero-order chi connectivity index (χ0) is 28.8. The topological polar surface area (TPSA) is 107 Å². The van der Waals surface area contributed by atoms with E-state index in [2.05, 4.69) is 0 Å². The van der Waals surface area contributed by atoms with Crippen LogP contribution in [0.1, 0.15) is 16.4 Å². The van der Waals surface area contributed by atoms with Gasteiger partial charge in [-0.05, 0) is 42.0 Å². The molecule has 13 heteroatoms. The summed E-state index contributed by atoms with van der Waals surface area (Å²) in [7, 11) is 3.05. The molecule has 2 fully saturated rings. The Bertz CT molecular complexity index is 1580. The fourth-order valence-corrected chi connectivity index (χ4v) is 8.45. The normalized spacial score (nSPS) is 22.0. The summed E-state index contributed by atoms with van der Waals surface area (Å²) in [6.45, 7) is 1.64. The van der Waals surface area contributed by atoms with Crippen molar-refractivity contribution in [2.75, 3.05) is 45.4 Å². The molecular formula is C28H26ClN3O7S2. The molecule has 0 spiro atoms. The molecule has 3 aliphatic rings. The number of rotatable bonds is 6. The van der Waals surface area contributed by atoms with Gasteiger partial charge in [-0.15, -0.1) is 0 Å². The van der Waals surface area contributed by atoms with Crippen molar-refractivity contribution >= 4 is 58.1 Å². The van der Waals surface area contributed by atoms with Crippen LogP contribution in [-0.2, 0) is 25.7 Å². The number of fused-ring (bicyclic) bond motifs is 2. The molecule has 10 nitrogen and oxygen atoms in total. The van der Waals surface area contributed by atoms with Gasteiger partial charge in [-0.25, -0.2) is 4.90 Å². The summed E-state index contributed by atoms with van der Waals surface area (Å²) in [5.74, 6) is -1.38. The lowest BCUT2D eigenvalue weighted by atomic mass is 9.83. The summed E-state index contributed by atoms with van der Waals surface area (Å²) in [5.41, 5.74) is 1.12. The van der Waals surface area contributed by atoms with Crippen LogP contribution in [0, 0.1) is 5.92 Å². The number of methoxy groups -OCH3 is 2. The number of imide groups is 1. The van der Waals surface area contributed by atoms with E-state index in [1.807, 2.05) is 6.07 Å². The Morgan fingerprint density at radius 1 is 1.00 bits per heavy atom. The fraction of sp³-hybridized carbons (Fsp3) is 0.357. The molecule has 4 heterocycles. The first-order valence-corrected chi connectivity index (χ1v) is 15.0. The average Bonchev–Trinajstić information content (AvgIpc) is 3.43. The third-order valence-corrected chi connectivity index (χ3v) is 10.4. The Kier molecular flexibility index (Phi) is 7.58. The number of halogens is 1. The molecular weight excluding hydrogens is 590 g/mol. The summed E-state index contributed by atoms with van der Waals surface area (Å²) in [4.78, 5) is 57.6. The van der Waals surface area contributed by atoms with Crippen molar-refractivity contribution in [1.29, 1.82) is 0 Å². The van der Waals surface area contributed by atoms with Crippen molar-refractivity contribution in [3.63, 3.8) is 0 Å². The largest absolute Gasteiger partial charge is 0.493 e. The highest BCUT2D eigenvalue weighted by Gasteiger charge is 2.57. The van der Waals surface area contributed by atoms with E-state index in [0.29, 0.717) is 64.0 Å². The van der Waals surface area contributed by atoms with Crippen molar-refractivity contribution in [1.82, 2.24) is 9.47 Å². The lowest BCUT2D eigenvalue weighted by Gasteiger charge is -2.31. The maximum absolute atomic E-state index is 14.0. The lowest BCUT2D eigenvalue weighted by Crippen LogP contribution is -2.43. The van der Waals surface area contributed by atoms with E-state index < -0.39 is 17.1 Å². The number of nitrogens with zero attached hydrogens (tertiary/aromatic N) is 3. The average molecular weight is 616 g/mol. The smallest absolute Gasteiger partial charge is 0.308 e. The Hall–Kier alpha value is -3.32. The number of anilines is 1. The van der Waals surface area contributed by atoms with E-state index in [9.17, 15) is 19.2 Å². The molecule has 41 heavy (non-hydrogen) atoms. The van der Waals surface area contributed by atoms with Crippen LogP contribution < -0.4 is 19.2 Å². The second-order valence-corrected chi connectivity index (χ2v) is 12.3. The van der Waals surface area contributed by atoms with Crippen molar-refractivity contribution < 1.29 is 28.6 Å². The van der Waals surface area contributed by atoms with Crippen molar-refractivity contribution in [3.05, 3.63) is 67.6 Å². The first-order valence-electron chi connectivity index (χ1n) is 12.9. The number of morpholine rings is 1. The van der Waals surface area contributed by atoms with E-state index in [-0.39, 0.29) is 29.1 Å². The van der Waals surface area contributed by atoms with Crippen LogP contribution in [0.5, 0.6) is 11.5 Å². The number of amides is 3. The van der Waals surface area contributed by atoms with Gasteiger partial charge in [0.25, 0.3) is 0 Å². The monoisotopic (exact) mass is 615 g/mol. The Labute approximate surface area is 248 Å². The van der Waals surface area contributed by atoms with Gasteiger partial charge < -0.3 is 19.1 Å². The number of aromatic nitrogens is 1. The molecule has 3 unspecified atom stereocenters. The van der Waals surface area contributed by atoms with Gasteiger partial charge in [-0.3, -0.25) is 23.7 Å². The zero-order valence-corrected chi connectivity index (χ0v) is 24.6. The summed E-state index contributed by atoms with van der Waals surface area (Å²) in [5, 5.41) is 0.211. The number of benzene rings is 2. The lowest BCUT2D eigenvalue weighted by molar-refractivity contribution is -0.136. The number of hydrogen-bond donors (Lipinski definition) is 0. The predicted octanol–water partition coefficient (Wildman–Crippen LogP) is 3.24. The molecule has 3 aliphatic heterocycles. The molecule has 0 N–H and O–H groups in total. The molecule has 0 aliphatic carbocycles. The van der Waals surface area contributed by atoms with Gasteiger partial charge in [0.1, 0.15) is 11.8 Å². The maximum atomic E-state index is 14.0. The molecule has 2 saturated heterocycles. The van der Waals surface area contributed by atoms with Crippen LogP contribution in [0.4, 0.5) is 5.69 Å². The summed E-state index contributed by atoms with van der Waals surface area (Å²) < 4.78 is 17.7. The van der Waals surface area contributed by atoms with Gasteiger partial charge in [-0.2, -0.15) is 0 Å². The standard InChI is InChI=1S/C28H26ClN3O7S2/c1-37-18-8-3-15(13-19(18)38-2)21-22-23(26(35)32(25(22)34)17-6-4-16(29)5-7-17)40-27-24(21)41-28(36)31(27)14-20(33)30-9-11-39-12-10-30/h3-8,13,21-23H,9-12,14H2,1-2H3. The molecule has 3 atom stereocenters. The SMILES string of the molecule is COc1ccc(C2c3sc(=O)n(CC(=O)N4CCOCC4)c3SC3C(=O)N(c4ccc(Cl)cc4)C(=O)C32)cc1OC. The van der Waals surface area contributed by atoms with Crippen molar-refractivity contribution in [2.24, 2.45) is 5.92 Å². The third kappa shape index (κ3) is 4.82. The van der Waals surface area contributed by atoms with E-state index in [1.54, 1.807) is 41.3 Å². The highest BCUT2D eigenvalue weighted by molar-refractivity contribution is 8.00. The molecule has 6 rings (SSSR count). The predicted molar refractivity (Wildman–Crippen MR) is 154 cm³/mol. The minimum Gasteiger partial charge on any atom is -0.493 e. The number of carbonyl (C=O) groups is 3. The van der Waals surface area contributed by atoms with E-state index in [1.165, 1.54) is 35.4 Å². The third-order valence-electron chi connectivity index (χ3n) is 7.56. The highest BCUT2D eigenvalue weighted by atomic mass is 35.5. The minimum atomic E-state index is -0.803. The van der Waals surface area contributed by atoms with Crippen LogP contribution in [0.25, 0.3) is 0 Å². The molecule has 214 valence electrons. The van der Waals surface area contributed by atoms with Gasteiger partial charge in [0, 0.05) is 28.9 Å². The van der Waals surface area contributed by atoms with Crippen LogP contribution in [0.15, 0.2) is 52.3 Å². The minimum absolute atomic E-state index is 0.156. The van der Waals surface area contributed by atoms with Gasteiger partial charge >= 0.3 is 4.87 Å². The van der Waals surface area contributed by atoms with Gasteiger partial charge in [-0.1, -0.05) is 40.8 Å². The van der Waals surface area contributed by atoms with E-state index >= 15 is 0 Å². The molecule has 3 amide bonds. The van der Waals surface area contributed by atoms with Crippen LogP contribution >= 0.6 is 34.7 Å². The molecule has 0 saturated carbocycles. The quantitative estimate of drug-likeness (QED) is 0.389. The van der Waals surface area contributed by atoms with Gasteiger partial charge in [0.2, 0.25) is 17.7 Å².